The third-order valence-electron chi connectivity index (χ3n) is 4.16. The highest BCUT2D eigenvalue weighted by atomic mass is 35.5. The van der Waals surface area contributed by atoms with E-state index >= 15 is 0 Å². The minimum atomic E-state index is -0.410. The Balaban J connectivity index is 2.15. The lowest BCUT2D eigenvalue weighted by Crippen LogP contribution is -2.22. The van der Waals surface area contributed by atoms with Crippen LogP contribution in [0.3, 0.4) is 0 Å². The molecular weight excluding hydrogens is 384 g/mol. The molecule has 0 aliphatic carbocycles. The van der Waals surface area contributed by atoms with E-state index in [0.29, 0.717) is 21.3 Å². The molecule has 0 saturated heterocycles. The van der Waals surface area contributed by atoms with E-state index in [9.17, 15) is 9.59 Å². The minimum absolute atomic E-state index is 0.0147. The van der Waals surface area contributed by atoms with Gasteiger partial charge in [-0.2, -0.15) is 4.99 Å². The van der Waals surface area contributed by atoms with E-state index in [1.54, 1.807) is 28.8 Å². The first-order valence-electron chi connectivity index (χ1n) is 8.43. The fraction of sp³-hybridized carbons (Fsp3) is 0.250. The number of ether oxygens (including phenoxy) is 1. The highest BCUT2D eigenvalue weighted by molar-refractivity contribution is 7.16. The van der Waals surface area contributed by atoms with Crippen molar-refractivity contribution in [2.75, 3.05) is 7.11 Å². The second-order valence-electron chi connectivity index (χ2n) is 6.36. The molecule has 0 aliphatic rings. The fourth-order valence-electron chi connectivity index (χ4n) is 2.65. The van der Waals surface area contributed by atoms with Gasteiger partial charge in [0.15, 0.2) is 4.80 Å². The summed E-state index contributed by atoms with van der Waals surface area (Å²) in [6.07, 6.45) is 0. The number of halogens is 1. The number of methoxy groups -OCH3 is 1. The van der Waals surface area contributed by atoms with Gasteiger partial charge < -0.3 is 9.30 Å². The predicted molar refractivity (Wildman–Crippen MR) is 107 cm³/mol. The highest BCUT2D eigenvalue weighted by Crippen LogP contribution is 2.24. The van der Waals surface area contributed by atoms with Gasteiger partial charge in [0.1, 0.15) is 6.54 Å². The van der Waals surface area contributed by atoms with Gasteiger partial charge in [-0.25, -0.2) is 0 Å². The molecule has 0 radical (unpaired) electrons. The van der Waals surface area contributed by atoms with Gasteiger partial charge in [0.2, 0.25) is 0 Å². The summed E-state index contributed by atoms with van der Waals surface area (Å²) in [5.41, 5.74) is 2.42. The van der Waals surface area contributed by atoms with E-state index in [1.807, 2.05) is 12.1 Å². The molecule has 0 aliphatic heterocycles. The molecular formula is C20H19ClN2O3S. The summed E-state index contributed by atoms with van der Waals surface area (Å²) in [5, 5.41) is 0.469. The molecule has 1 aromatic heterocycles. The Kier molecular flexibility index (Phi) is 5.77. The molecule has 140 valence electrons. The van der Waals surface area contributed by atoms with E-state index in [4.69, 9.17) is 16.3 Å². The Labute approximate surface area is 165 Å². The first-order chi connectivity index (χ1) is 12.9. The number of hydrogen-bond acceptors (Lipinski definition) is 4. The molecule has 1 heterocycles. The summed E-state index contributed by atoms with van der Waals surface area (Å²) in [6, 6.07) is 12.7. The van der Waals surface area contributed by atoms with Crippen molar-refractivity contribution in [3.05, 3.63) is 63.4 Å². The van der Waals surface area contributed by atoms with Crippen molar-refractivity contribution in [1.29, 1.82) is 0 Å². The zero-order valence-electron chi connectivity index (χ0n) is 15.2. The lowest BCUT2D eigenvalue weighted by Gasteiger charge is -2.06. The van der Waals surface area contributed by atoms with Crippen LogP contribution in [0.1, 0.15) is 35.7 Å². The number of aromatic nitrogens is 1. The van der Waals surface area contributed by atoms with E-state index < -0.39 is 11.9 Å². The third kappa shape index (κ3) is 4.28. The number of nitrogens with zero attached hydrogens (tertiary/aromatic N) is 2. The normalized spacial score (nSPS) is 12.0. The maximum atomic E-state index is 12.6. The van der Waals surface area contributed by atoms with Gasteiger partial charge in [-0.3, -0.25) is 9.59 Å². The van der Waals surface area contributed by atoms with Crippen LogP contribution in [0, 0.1) is 0 Å². The van der Waals surface area contributed by atoms with Gasteiger partial charge in [-0.1, -0.05) is 48.9 Å². The number of thiazole rings is 1. The average molecular weight is 403 g/mol. The van der Waals surface area contributed by atoms with Gasteiger partial charge in [-0.05, 0) is 41.8 Å². The zero-order chi connectivity index (χ0) is 19.6. The Morgan fingerprint density at radius 3 is 2.67 bits per heavy atom. The van der Waals surface area contributed by atoms with Crippen LogP contribution >= 0.6 is 22.9 Å². The van der Waals surface area contributed by atoms with Gasteiger partial charge in [-0.15, -0.1) is 0 Å². The Hall–Kier alpha value is -2.44. The van der Waals surface area contributed by atoms with Crippen LogP contribution in [0.5, 0.6) is 0 Å². The molecule has 0 fully saturated rings. The van der Waals surface area contributed by atoms with E-state index in [2.05, 4.69) is 24.9 Å². The summed E-state index contributed by atoms with van der Waals surface area (Å²) >= 11 is 7.33. The molecule has 7 heteroatoms. The molecule has 3 aromatic rings. The second-order valence-corrected chi connectivity index (χ2v) is 7.80. The molecule has 0 N–H and O–H groups in total. The molecule has 0 unspecified atom stereocenters. The first-order valence-corrected chi connectivity index (χ1v) is 9.63. The molecule has 0 bridgehead atoms. The van der Waals surface area contributed by atoms with Gasteiger partial charge in [0.05, 0.1) is 17.3 Å². The summed E-state index contributed by atoms with van der Waals surface area (Å²) in [4.78, 5) is 29.1. The molecule has 27 heavy (non-hydrogen) atoms. The molecule has 1 amide bonds. The number of benzene rings is 2. The zero-order valence-corrected chi connectivity index (χ0v) is 16.8. The molecule has 0 spiro atoms. The van der Waals surface area contributed by atoms with Gasteiger partial charge >= 0.3 is 5.97 Å². The predicted octanol–water partition coefficient (Wildman–Crippen LogP) is 4.39. The van der Waals surface area contributed by atoms with Crippen LogP contribution in [0.25, 0.3) is 10.2 Å². The van der Waals surface area contributed by atoms with Crippen LogP contribution in [-0.2, 0) is 16.1 Å². The number of hydrogen-bond donors (Lipinski definition) is 0. The van der Waals surface area contributed by atoms with E-state index in [-0.39, 0.29) is 6.54 Å². The highest BCUT2D eigenvalue weighted by Gasteiger charge is 2.14. The number of rotatable bonds is 4. The molecule has 5 nitrogen and oxygen atoms in total. The minimum Gasteiger partial charge on any atom is -0.468 e. The van der Waals surface area contributed by atoms with Gasteiger partial charge in [0, 0.05) is 10.6 Å². The van der Waals surface area contributed by atoms with Crippen molar-refractivity contribution in [2.45, 2.75) is 26.3 Å². The van der Waals surface area contributed by atoms with Crippen molar-refractivity contribution in [2.24, 2.45) is 4.99 Å². The van der Waals surface area contributed by atoms with Crippen LogP contribution in [0.2, 0.25) is 5.02 Å². The fourth-order valence-corrected chi connectivity index (χ4v) is 3.92. The number of esters is 1. The Morgan fingerprint density at radius 1 is 1.22 bits per heavy atom. The summed E-state index contributed by atoms with van der Waals surface area (Å²) in [6.45, 7) is 4.22. The third-order valence-corrected chi connectivity index (χ3v) is 5.43. The SMILES string of the molecule is COC(=O)Cn1c(=NC(=O)c2cccc(Cl)c2)sc2cc(C(C)C)ccc21. The van der Waals surface area contributed by atoms with Crippen molar-refractivity contribution in [1.82, 2.24) is 4.57 Å². The standard InChI is InChI=1S/C20H19ClN2O3S/c1-12(2)13-7-8-16-17(10-13)27-20(23(16)11-18(24)26-3)22-19(25)14-5-4-6-15(21)9-14/h4-10,12H,11H2,1-3H3. The van der Waals surface area contributed by atoms with Crippen molar-refractivity contribution < 1.29 is 14.3 Å². The van der Waals surface area contributed by atoms with E-state index in [0.717, 1.165) is 10.2 Å². The smallest absolute Gasteiger partial charge is 0.325 e. The van der Waals surface area contributed by atoms with Crippen LogP contribution < -0.4 is 4.80 Å². The molecule has 3 rings (SSSR count). The number of carbonyl (C=O) groups excluding carboxylic acids is 2. The Bertz CT molecular complexity index is 1080. The van der Waals surface area contributed by atoms with E-state index in [1.165, 1.54) is 24.0 Å². The first kappa shape index (κ1) is 19.3. The number of fused-ring (bicyclic) bond motifs is 1. The lowest BCUT2D eigenvalue weighted by atomic mass is 10.0. The quantitative estimate of drug-likeness (QED) is 0.608. The summed E-state index contributed by atoms with van der Waals surface area (Å²) < 4.78 is 7.46. The van der Waals surface area contributed by atoms with Gasteiger partial charge in [0.25, 0.3) is 5.91 Å². The summed E-state index contributed by atoms with van der Waals surface area (Å²) in [5.74, 6) is -0.440. The number of amides is 1. The Morgan fingerprint density at radius 2 is 2.00 bits per heavy atom. The molecule has 0 saturated carbocycles. The largest absolute Gasteiger partial charge is 0.468 e. The monoisotopic (exact) mass is 402 g/mol. The van der Waals surface area contributed by atoms with Crippen LogP contribution in [0.4, 0.5) is 0 Å². The van der Waals surface area contributed by atoms with Crippen LogP contribution in [-0.4, -0.2) is 23.6 Å². The van der Waals surface area contributed by atoms with Crippen molar-refractivity contribution >= 4 is 45.0 Å². The molecule has 0 atom stereocenters. The maximum Gasteiger partial charge on any atom is 0.325 e. The number of carbonyl (C=O) groups is 2. The topological polar surface area (TPSA) is 60.7 Å². The molecule has 2 aromatic carbocycles. The van der Waals surface area contributed by atoms with Crippen LogP contribution in [0.15, 0.2) is 47.5 Å². The lowest BCUT2D eigenvalue weighted by molar-refractivity contribution is -0.141. The van der Waals surface area contributed by atoms with Crippen molar-refractivity contribution in [3.63, 3.8) is 0 Å². The second kappa shape index (κ2) is 8.06. The maximum absolute atomic E-state index is 12.6. The van der Waals surface area contributed by atoms with Crippen molar-refractivity contribution in [3.8, 4) is 0 Å². The average Bonchev–Trinajstić information content (AvgIpc) is 2.97. The summed E-state index contributed by atoms with van der Waals surface area (Å²) in [7, 11) is 1.34.